The van der Waals surface area contributed by atoms with Crippen molar-refractivity contribution in [1.29, 1.82) is 0 Å². The van der Waals surface area contributed by atoms with Crippen LogP contribution in [0.2, 0.25) is 0 Å². The molecular weight excluding hydrogens is 288 g/mol. The van der Waals surface area contributed by atoms with Crippen LogP contribution < -0.4 is 0 Å². The number of aryl methyl sites for hydroxylation is 1. The first-order chi connectivity index (χ1) is 10.8. The van der Waals surface area contributed by atoms with E-state index in [9.17, 15) is 10.2 Å². The van der Waals surface area contributed by atoms with Gasteiger partial charge >= 0.3 is 0 Å². The number of aliphatic hydroxyl groups is 2. The van der Waals surface area contributed by atoms with Crippen molar-refractivity contribution in [2.24, 2.45) is 11.8 Å². The maximum atomic E-state index is 10.1. The van der Waals surface area contributed by atoms with Gasteiger partial charge in [0, 0.05) is 24.0 Å². The lowest BCUT2D eigenvalue weighted by Crippen LogP contribution is -2.00. The van der Waals surface area contributed by atoms with Crippen LogP contribution in [0.3, 0.4) is 0 Å². The number of aliphatic hydroxyl groups excluding tert-OH is 2. The minimum atomic E-state index is 0.000492. The third-order valence-corrected chi connectivity index (χ3v) is 3.63. The molecule has 0 aliphatic heterocycles. The second-order valence-electron chi connectivity index (χ2n) is 6.43. The van der Waals surface area contributed by atoms with Crippen molar-refractivity contribution in [3.63, 3.8) is 0 Å². The maximum Gasteiger partial charge on any atom is 0.0970 e. The third-order valence-electron chi connectivity index (χ3n) is 3.63. The average molecular weight is 312 g/mol. The Bertz CT molecular complexity index is 774. The number of nitrogens with zero attached hydrogens (tertiary/aromatic N) is 2. The lowest BCUT2D eigenvalue weighted by atomic mass is 10.1. The lowest BCUT2D eigenvalue weighted by molar-refractivity contribution is 0.356. The molecule has 1 heterocycles. The van der Waals surface area contributed by atoms with Crippen molar-refractivity contribution < 1.29 is 10.2 Å². The van der Waals surface area contributed by atoms with Crippen molar-refractivity contribution in [1.82, 2.24) is 9.97 Å². The summed E-state index contributed by atoms with van der Waals surface area (Å²) in [6.45, 7) is 9.63. The molecule has 0 amide bonds. The van der Waals surface area contributed by atoms with Crippen LogP contribution in [0.4, 0.5) is 0 Å². The summed E-state index contributed by atoms with van der Waals surface area (Å²) in [7, 11) is 0. The van der Waals surface area contributed by atoms with Gasteiger partial charge in [0.05, 0.1) is 33.9 Å². The summed E-state index contributed by atoms with van der Waals surface area (Å²) in [5.74, 6) is 0.482. The summed E-state index contributed by atoms with van der Waals surface area (Å²) in [6.07, 6.45) is 3.25. The van der Waals surface area contributed by atoms with E-state index in [2.05, 4.69) is 9.97 Å². The first kappa shape index (κ1) is 17.0. The van der Waals surface area contributed by atoms with Gasteiger partial charge in [0.1, 0.15) is 0 Å². The fourth-order valence-corrected chi connectivity index (χ4v) is 2.02. The Labute approximate surface area is 137 Å². The standard InChI is InChI=1S/C19H24N2O2/c1-11(2)18(22)9-16-17(10-19(23)12(3)4)21-15-8-13(5)6-7-14(15)20-16/h6-12,22-23H,1-5H3/b18-9-,19-10-. The zero-order valence-electron chi connectivity index (χ0n) is 14.3. The smallest absolute Gasteiger partial charge is 0.0970 e. The largest absolute Gasteiger partial charge is 0.512 e. The monoisotopic (exact) mass is 312 g/mol. The van der Waals surface area contributed by atoms with E-state index in [-0.39, 0.29) is 23.4 Å². The highest BCUT2D eigenvalue weighted by Gasteiger charge is 2.10. The van der Waals surface area contributed by atoms with E-state index in [1.807, 2.05) is 52.8 Å². The van der Waals surface area contributed by atoms with E-state index in [0.717, 1.165) is 16.6 Å². The van der Waals surface area contributed by atoms with Gasteiger partial charge in [-0.15, -0.1) is 0 Å². The van der Waals surface area contributed by atoms with E-state index >= 15 is 0 Å². The van der Waals surface area contributed by atoms with Gasteiger partial charge in [-0.1, -0.05) is 33.8 Å². The minimum absolute atomic E-state index is 0.000492. The highest BCUT2D eigenvalue weighted by atomic mass is 16.3. The summed E-state index contributed by atoms with van der Waals surface area (Å²) in [4.78, 5) is 9.21. The van der Waals surface area contributed by atoms with Crippen molar-refractivity contribution in [3.8, 4) is 0 Å². The minimum Gasteiger partial charge on any atom is -0.512 e. The molecule has 0 spiro atoms. The molecule has 4 heteroatoms. The van der Waals surface area contributed by atoms with E-state index in [1.54, 1.807) is 12.2 Å². The number of aromatic nitrogens is 2. The van der Waals surface area contributed by atoms with Crippen molar-refractivity contribution >= 4 is 23.2 Å². The fraction of sp³-hybridized carbons (Fsp3) is 0.368. The molecule has 0 saturated heterocycles. The Morgan fingerprint density at radius 3 is 1.83 bits per heavy atom. The van der Waals surface area contributed by atoms with Crippen LogP contribution >= 0.6 is 0 Å². The van der Waals surface area contributed by atoms with Gasteiger partial charge in [-0.05, 0) is 24.6 Å². The zero-order valence-corrected chi connectivity index (χ0v) is 14.3. The molecule has 0 bridgehead atoms. The van der Waals surface area contributed by atoms with Crippen LogP contribution in [-0.2, 0) is 0 Å². The molecule has 0 aliphatic carbocycles. The molecule has 2 rings (SSSR count). The third kappa shape index (κ3) is 4.09. The van der Waals surface area contributed by atoms with Gasteiger partial charge in [-0.2, -0.15) is 0 Å². The van der Waals surface area contributed by atoms with Crippen LogP contribution in [0, 0.1) is 18.8 Å². The molecular formula is C19H24N2O2. The average Bonchev–Trinajstić information content (AvgIpc) is 2.47. The molecule has 122 valence electrons. The normalized spacial score (nSPS) is 13.3. The van der Waals surface area contributed by atoms with Gasteiger partial charge in [0.15, 0.2) is 0 Å². The van der Waals surface area contributed by atoms with Crippen LogP contribution in [0.15, 0.2) is 29.7 Å². The second kappa shape index (κ2) is 6.82. The van der Waals surface area contributed by atoms with Crippen LogP contribution in [-0.4, -0.2) is 20.2 Å². The van der Waals surface area contributed by atoms with Crippen molar-refractivity contribution in [3.05, 3.63) is 46.7 Å². The predicted octanol–water partition coefficient (Wildman–Crippen LogP) is 5.05. The van der Waals surface area contributed by atoms with Gasteiger partial charge in [0.25, 0.3) is 0 Å². The molecule has 23 heavy (non-hydrogen) atoms. The molecule has 4 nitrogen and oxygen atoms in total. The highest BCUT2D eigenvalue weighted by molar-refractivity contribution is 5.79. The Morgan fingerprint density at radius 1 is 0.870 bits per heavy atom. The van der Waals surface area contributed by atoms with Crippen LogP contribution in [0.5, 0.6) is 0 Å². The van der Waals surface area contributed by atoms with Gasteiger partial charge < -0.3 is 10.2 Å². The molecule has 0 atom stereocenters. The molecule has 2 aromatic rings. The quantitative estimate of drug-likeness (QED) is 0.775. The number of hydrogen-bond acceptors (Lipinski definition) is 4. The lowest BCUT2D eigenvalue weighted by Gasteiger charge is -2.09. The number of rotatable bonds is 4. The van der Waals surface area contributed by atoms with Gasteiger partial charge in [0.2, 0.25) is 0 Å². The zero-order chi connectivity index (χ0) is 17.1. The Morgan fingerprint density at radius 2 is 1.35 bits per heavy atom. The molecule has 0 radical (unpaired) electrons. The molecule has 0 saturated carbocycles. The van der Waals surface area contributed by atoms with E-state index in [4.69, 9.17) is 0 Å². The van der Waals surface area contributed by atoms with E-state index in [0.29, 0.717) is 11.4 Å². The van der Waals surface area contributed by atoms with E-state index in [1.165, 1.54) is 0 Å². The molecule has 0 aliphatic rings. The van der Waals surface area contributed by atoms with Gasteiger partial charge in [-0.25, -0.2) is 9.97 Å². The number of hydrogen-bond donors (Lipinski definition) is 2. The summed E-state index contributed by atoms with van der Waals surface area (Å²) >= 11 is 0. The van der Waals surface area contributed by atoms with Crippen molar-refractivity contribution in [2.45, 2.75) is 34.6 Å². The summed E-state index contributed by atoms with van der Waals surface area (Å²) in [5, 5.41) is 20.2. The molecule has 0 unspecified atom stereocenters. The first-order valence-corrected chi connectivity index (χ1v) is 7.87. The Balaban J connectivity index is 2.68. The summed E-state index contributed by atoms with van der Waals surface area (Å²) in [5.41, 5.74) is 3.75. The molecule has 2 N–H and O–H groups in total. The van der Waals surface area contributed by atoms with Gasteiger partial charge in [-0.3, -0.25) is 0 Å². The summed E-state index contributed by atoms with van der Waals surface area (Å²) in [6, 6.07) is 5.85. The number of benzene rings is 1. The molecule has 1 aromatic carbocycles. The molecule has 0 fully saturated rings. The SMILES string of the molecule is Cc1ccc2nc(/C=C(\O)C(C)C)c(/C=C(\O)C(C)C)nc2c1. The fourth-order valence-electron chi connectivity index (χ4n) is 2.02. The first-order valence-electron chi connectivity index (χ1n) is 7.87. The van der Waals surface area contributed by atoms with Crippen molar-refractivity contribution in [2.75, 3.05) is 0 Å². The highest BCUT2D eigenvalue weighted by Crippen LogP contribution is 2.21. The Hall–Kier alpha value is -2.36. The van der Waals surface area contributed by atoms with E-state index < -0.39 is 0 Å². The van der Waals surface area contributed by atoms with Crippen LogP contribution in [0.25, 0.3) is 23.2 Å². The topological polar surface area (TPSA) is 66.2 Å². The predicted molar refractivity (Wildman–Crippen MR) is 95.2 cm³/mol. The maximum absolute atomic E-state index is 10.1. The summed E-state index contributed by atoms with van der Waals surface area (Å²) < 4.78 is 0. The Kier molecular flexibility index (Phi) is 5.04. The van der Waals surface area contributed by atoms with Crippen LogP contribution in [0.1, 0.15) is 44.6 Å². The second-order valence-corrected chi connectivity index (χ2v) is 6.43. The number of allylic oxidation sites excluding steroid dienone is 2. The molecule has 1 aromatic heterocycles. The number of fused-ring (bicyclic) bond motifs is 1.